The molecule has 2 rings (SSSR count). The molecule has 0 spiro atoms. The third kappa shape index (κ3) is 3.28. The fraction of sp³-hybridized carbons (Fsp3) is 0.0714. The van der Waals surface area contributed by atoms with Gasteiger partial charge in [0.05, 0.1) is 6.21 Å². The van der Waals surface area contributed by atoms with Gasteiger partial charge >= 0.3 is 0 Å². The number of halogens is 3. The first-order valence-electron chi connectivity index (χ1n) is 5.69. The van der Waals surface area contributed by atoms with E-state index in [-0.39, 0.29) is 12.4 Å². The van der Waals surface area contributed by atoms with Crippen molar-refractivity contribution in [3.63, 3.8) is 0 Å². The molecule has 0 saturated heterocycles. The highest BCUT2D eigenvalue weighted by Gasteiger charge is 2.11. The molecule has 0 amide bonds. The summed E-state index contributed by atoms with van der Waals surface area (Å²) in [5.41, 5.74) is 1.53. The minimum absolute atomic E-state index is 0.0801. The van der Waals surface area contributed by atoms with Crippen LogP contribution in [0.5, 0.6) is 5.75 Å². The first-order chi connectivity index (χ1) is 9.60. The lowest BCUT2D eigenvalue weighted by Crippen LogP contribution is -1.99. The Hall–Kier alpha value is -2.50. The van der Waals surface area contributed by atoms with Crippen molar-refractivity contribution in [1.29, 1.82) is 0 Å². The fourth-order valence-corrected chi connectivity index (χ4v) is 1.63. The van der Waals surface area contributed by atoms with Crippen molar-refractivity contribution in [2.75, 3.05) is 0 Å². The van der Waals surface area contributed by atoms with Gasteiger partial charge in [0, 0.05) is 12.1 Å². The standard InChI is InChI=1S/C14H11F3N2O/c15-12-5-11(6-13(16)14(12)17)20-8-10-3-1-2-9(4-10)7-19-18/h1-7H,8,18H2. The van der Waals surface area contributed by atoms with Gasteiger partial charge in [-0.05, 0) is 17.2 Å². The quantitative estimate of drug-likeness (QED) is 0.405. The summed E-state index contributed by atoms with van der Waals surface area (Å²) in [6.07, 6.45) is 1.46. The molecule has 0 fully saturated rings. The molecule has 104 valence electrons. The summed E-state index contributed by atoms with van der Waals surface area (Å²) < 4.78 is 44.0. The van der Waals surface area contributed by atoms with E-state index in [1.807, 2.05) is 0 Å². The molecule has 0 aliphatic rings. The Balaban J connectivity index is 2.10. The number of hydrogen-bond acceptors (Lipinski definition) is 3. The number of benzene rings is 2. The molecule has 0 aromatic heterocycles. The molecule has 0 aliphatic heterocycles. The van der Waals surface area contributed by atoms with E-state index >= 15 is 0 Å². The van der Waals surface area contributed by atoms with Crippen LogP contribution in [0, 0.1) is 17.5 Å². The van der Waals surface area contributed by atoms with Gasteiger partial charge in [-0.2, -0.15) is 5.10 Å². The summed E-state index contributed by atoms with van der Waals surface area (Å²) in [7, 11) is 0. The summed E-state index contributed by atoms with van der Waals surface area (Å²) >= 11 is 0. The van der Waals surface area contributed by atoms with Crippen LogP contribution in [0.4, 0.5) is 13.2 Å². The van der Waals surface area contributed by atoms with Crippen molar-refractivity contribution in [3.05, 3.63) is 65.0 Å². The van der Waals surface area contributed by atoms with Gasteiger partial charge in [0.2, 0.25) is 0 Å². The zero-order valence-electron chi connectivity index (χ0n) is 10.3. The molecular weight excluding hydrogens is 269 g/mol. The van der Waals surface area contributed by atoms with E-state index in [2.05, 4.69) is 5.10 Å². The predicted octanol–water partition coefficient (Wildman–Crippen LogP) is 2.98. The van der Waals surface area contributed by atoms with Crippen LogP contribution in [0.15, 0.2) is 41.5 Å². The summed E-state index contributed by atoms with van der Waals surface area (Å²) in [6.45, 7) is 0.0801. The maximum atomic E-state index is 13.0. The maximum absolute atomic E-state index is 13.0. The predicted molar refractivity (Wildman–Crippen MR) is 68.9 cm³/mol. The van der Waals surface area contributed by atoms with Gasteiger partial charge < -0.3 is 10.6 Å². The Morgan fingerprint density at radius 1 is 1.10 bits per heavy atom. The van der Waals surface area contributed by atoms with Crippen molar-refractivity contribution >= 4 is 6.21 Å². The first kappa shape index (κ1) is 13.9. The Kier molecular flexibility index (Phi) is 4.24. The van der Waals surface area contributed by atoms with Crippen molar-refractivity contribution in [2.24, 2.45) is 10.9 Å². The Labute approximate surface area is 113 Å². The van der Waals surface area contributed by atoms with E-state index in [0.29, 0.717) is 0 Å². The summed E-state index contributed by atoms with van der Waals surface area (Å²) in [6, 6.07) is 8.67. The lowest BCUT2D eigenvalue weighted by Gasteiger charge is -2.07. The van der Waals surface area contributed by atoms with Crippen LogP contribution in [0.2, 0.25) is 0 Å². The number of rotatable bonds is 4. The van der Waals surface area contributed by atoms with E-state index in [1.165, 1.54) is 6.21 Å². The van der Waals surface area contributed by atoms with E-state index in [9.17, 15) is 13.2 Å². The SMILES string of the molecule is NN=Cc1cccc(COc2cc(F)c(F)c(F)c2)c1. The van der Waals surface area contributed by atoms with Gasteiger partial charge in [-0.1, -0.05) is 18.2 Å². The lowest BCUT2D eigenvalue weighted by molar-refractivity contribution is 0.299. The maximum Gasteiger partial charge on any atom is 0.194 e. The summed E-state index contributed by atoms with van der Waals surface area (Å²) in [4.78, 5) is 0. The van der Waals surface area contributed by atoms with Crippen molar-refractivity contribution in [1.82, 2.24) is 0 Å². The van der Waals surface area contributed by atoms with E-state index < -0.39 is 17.5 Å². The van der Waals surface area contributed by atoms with E-state index in [1.54, 1.807) is 24.3 Å². The molecule has 6 heteroatoms. The van der Waals surface area contributed by atoms with Crippen LogP contribution in [-0.4, -0.2) is 6.21 Å². The minimum atomic E-state index is -1.52. The third-order valence-corrected chi connectivity index (χ3v) is 2.54. The molecule has 0 atom stereocenters. The summed E-state index contributed by atoms with van der Waals surface area (Å²) in [5.74, 6) is 0.867. The molecule has 0 radical (unpaired) electrons. The molecule has 2 aromatic carbocycles. The Morgan fingerprint density at radius 2 is 1.80 bits per heavy atom. The molecule has 20 heavy (non-hydrogen) atoms. The van der Waals surface area contributed by atoms with Crippen LogP contribution in [0.3, 0.4) is 0 Å². The van der Waals surface area contributed by atoms with Crippen LogP contribution in [0.25, 0.3) is 0 Å². The van der Waals surface area contributed by atoms with Gasteiger partial charge in [-0.25, -0.2) is 13.2 Å². The summed E-state index contributed by atoms with van der Waals surface area (Å²) in [5, 5.41) is 3.39. The number of nitrogens with two attached hydrogens (primary N) is 1. The molecule has 0 saturated carbocycles. The highest BCUT2D eigenvalue weighted by Crippen LogP contribution is 2.20. The zero-order valence-corrected chi connectivity index (χ0v) is 10.3. The largest absolute Gasteiger partial charge is 0.489 e. The molecular formula is C14H11F3N2O. The lowest BCUT2D eigenvalue weighted by atomic mass is 10.1. The topological polar surface area (TPSA) is 47.6 Å². The number of hydrogen-bond donors (Lipinski definition) is 1. The molecule has 3 nitrogen and oxygen atoms in total. The second kappa shape index (κ2) is 6.10. The van der Waals surface area contributed by atoms with Crippen LogP contribution in [-0.2, 0) is 6.61 Å². The minimum Gasteiger partial charge on any atom is -0.489 e. The monoisotopic (exact) mass is 280 g/mol. The van der Waals surface area contributed by atoms with E-state index in [4.69, 9.17) is 10.6 Å². The third-order valence-electron chi connectivity index (χ3n) is 2.54. The molecule has 0 bridgehead atoms. The van der Waals surface area contributed by atoms with Gasteiger partial charge in [-0.15, -0.1) is 0 Å². The molecule has 2 N–H and O–H groups in total. The van der Waals surface area contributed by atoms with Crippen molar-refractivity contribution < 1.29 is 17.9 Å². The van der Waals surface area contributed by atoms with Gasteiger partial charge in [-0.3, -0.25) is 0 Å². The number of hydrazone groups is 1. The van der Waals surface area contributed by atoms with Crippen molar-refractivity contribution in [3.8, 4) is 5.75 Å². The molecule has 2 aromatic rings. The van der Waals surface area contributed by atoms with Crippen LogP contribution < -0.4 is 10.6 Å². The Bertz CT molecular complexity index is 621. The van der Waals surface area contributed by atoms with E-state index in [0.717, 1.165) is 23.3 Å². The fourth-order valence-electron chi connectivity index (χ4n) is 1.63. The molecule has 0 unspecified atom stereocenters. The number of nitrogens with zero attached hydrogens (tertiary/aromatic N) is 1. The Morgan fingerprint density at radius 3 is 2.45 bits per heavy atom. The highest BCUT2D eigenvalue weighted by atomic mass is 19.2. The van der Waals surface area contributed by atoms with Gasteiger partial charge in [0.15, 0.2) is 17.5 Å². The molecule has 0 heterocycles. The first-order valence-corrected chi connectivity index (χ1v) is 5.69. The van der Waals surface area contributed by atoms with Crippen molar-refractivity contribution in [2.45, 2.75) is 6.61 Å². The normalized spacial score (nSPS) is 10.9. The second-order valence-electron chi connectivity index (χ2n) is 4.01. The number of ether oxygens (including phenoxy) is 1. The average Bonchev–Trinajstić information content (AvgIpc) is 2.43. The molecule has 0 aliphatic carbocycles. The van der Waals surface area contributed by atoms with Gasteiger partial charge in [0.25, 0.3) is 0 Å². The average molecular weight is 280 g/mol. The van der Waals surface area contributed by atoms with Crippen LogP contribution in [0.1, 0.15) is 11.1 Å². The van der Waals surface area contributed by atoms with Crippen LogP contribution >= 0.6 is 0 Å². The highest BCUT2D eigenvalue weighted by molar-refractivity contribution is 5.79. The second-order valence-corrected chi connectivity index (χ2v) is 4.01. The smallest absolute Gasteiger partial charge is 0.194 e. The van der Waals surface area contributed by atoms with Gasteiger partial charge in [0.1, 0.15) is 12.4 Å². The zero-order chi connectivity index (χ0) is 14.5.